The Bertz CT molecular complexity index is 1020. The lowest BCUT2D eigenvalue weighted by Gasteiger charge is -2.23. The molecule has 7 heteroatoms. The van der Waals surface area contributed by atoms with E-state index >= 15 is 0 Å². The Hall–Kier alpha value is -3.06. The zero-order chi connectivity index (χ0) is 20.9. The van der Waals surface area contributed by atoms with E-state index in [9.17, 15) is 8.42 Å². The van der Waals surface area contributed by atoms with Gasteiger partial charge in [0.1, 0.15) is 16.5 Å². The Morgan fingerprint density at radius 3 is 2.21 bits per heavy atom. The first kappa shape index (κ1) is 20.7. The molecule has 0 aliphatic rings. The number of nitrogens with zero attached hydrogens (tertiary/aromatic N) is 3. The molecule has 0 aliphatic heterocycles. The standard InChI is InChI=1S/C22H25N3O3S/c1-4-25(19-8-6-5-7-9-19)29(26,27)21-14-15-22(23-16-21)24(2)17-18-10-12-20(28-3)13-11-18/h5-16H,4,17H2,1-3H3. The first-order valence-corrected chi connectivity index (χ1v) is 10.8. The molecule has 0 saturated heterocycles. The van der Waals surface area contributed by atoms with E-state index in [0.717, 1.165) is 11.3 Å². The van der Waals surface area contributed by atoms with Crippen LogP contribution in [0.2, 0.25) is 0 Å². The average Bonchev–Trinajstić information content (AvgIpc) is 2.75. The van der Waals surface area contributed by atoms with Gasteiger partial charge in [-0.3, -0.25) is 4.31 Å². The molecule has 0 atom stereocenters. The quantitative estimate of drug-likeness (QED) is 0.562. The van der Waals surface area contributed by atoms with Gasteiger partial charge in [0.15, 0.2) is 0 Å². The maximum absolute atomic E-state index is 13.1. The summed E-state index contributed by atoms with van der Waals surface area (Å²) in [6, 6.07) is 20.2. The molecule has 3 rings (SSSR count). The third kappa shape index (κ3) is 4.68. The topological polar surface area (TPSA) is 62.7 Å². The molecule has 0 saturated carbocycles. The summed E-state index contributed by atoms with van der Waals surface area (Å²) in [5, 5.41) is 0. The molecule has 0 unspecified atom stereocenters. The first-order chi connectivity index (χ1) is 14.0. The summed E-state index contributed by atoms with van der Waals surface area (Å²) in [6.45, 7) is 2.80. The molecule has 0 spiro atoms. The van der Waals surface area contributed by atoms with Crippen LogP contribution in [0.1, 0.15) is 12.5 Å². The van der Waals surface area contributed by atoms with Crippen LogP contribution in [0, 0.1) is 0 Å². The predicted molar refractivity (Wildman–Crippen MR) is 116 cm³/mol. The number of aromatic nitrogens is 1. The van der Waals surface area contributed by atoms with E-state index in [1.165, 1.54) is 10.5 Å². The highest BCUT2D eigenvalue weighted by Crippen LogP contribution is 2.24. The minimum Gasteiger partial charge on any atom is -0.497 e. The van der Waals surface area contributed by atoms with Crippen molar-refractivity contribution in [3.05, 3.63) is 78.5 Å². The first-order valence-electron chi connectivity index (χ1n) is 9.33. The zero-order valence-electron chi connectivity index (χ0n) is 16.8. The number of para-hydroxylation sites is 1. The van der Waals surface area contributed by atoms with E-state index in [1.807, 2.05) is 61.3 Å². The minimum atomic E-state index is -3.67. The number of anilines is 2. The van der Waals surface area contributed by atoms with E-state index in [0.29, 0.717) is 24.6 Å². The van der Waals surface area contributed by atoms with Gasteiger partial charge in [-0.15, -0.1) is 0 Å². The van der Waals surface area contributed by atoms with Crippen molar-refractivity contribution in [1.29, 1.82) is 0 Å². The molecule has 29 heavy (non-hydrogen) atoms. The average molecular weight is 412 g/mol. The van der Waals surface area contributed by atoms with Crippen LogP contribution in [0.5, 0.6) is 5.75 Å². The summed E-state index contributed by atoms with van der Waals surface area (Å²) in [7, 11) is -0.118. The highest BCUT2D eigenvalue weighted by Gasteiger charge is 2.24. The summed E-state index contributed by atoms with van der Waals surface area (Å²) in [5.41, 5.74) is 1.74. The highest BCUT2D eigenvalue weighted by atomic mass is 32.2. The van der Waals surface area contributed by atoms with Crippen LogP contribution in [0.15, 0.2) is 77.8 Å². The van der Waals surface area contributed by atoms with Gasteiger partial charge in [-0.1, -0.05) is 30.3 Å². The Morgan fingerprint density at radius 1 is 0.966 bits per heavy atom. The summed E-state index contributed by atoms with van der Waals surface area (Å²) in [5.74, 6) is 1.51. The number of hydrogen-bond donors (Lipinski definition) is 0. The molecule has 2 aromatic carbocycles. The van der Waals surface area contributed by atoms with Gasteiger partial charge in [0, 0.05) is 26.3 Å². The van der Waals surface area contributed by atoms with Gasteiger partial charge < -0.3 is 9.64 Å². The van der Waals surface area contributed by atoms with Crippen LogP contribution in [0.3, 0.4) is 0 Å². The van der Waals surface area contributed by atoms with Crippen LogP contribution in [0.25, 0.3) is 0 Å². The fourth-order valence-corrected chi connectivity index (χ4v) is 4.47. The van der Waals surface area contributed by atoms with Crippen molar-refractivity contribution in [2.45, 2.75) is 18.4 Å². The summed E-state index contributed by atoms with van der Waals surface area (Å²) >= 11 is 0. The van der Waals surface area contributed by atoms with Crippen molar-refractivity contribution < 1.29 is 13.2 Å². The molecule has 0 amide bonds. The lowest BCUT2D eigenvalue weighted by molar-refractivity contribution is 0.414. The van der Waals surface area contributed by atoms with E-state index in [1.54, 1.807) is 31.4 Å². The fraction of sp³-hybridized carbons (Fsp3) is 0.227. The fourth-order valence-electron chi connectivity index (χ4n) is 3.05. The smallest absolute Gasteiger partial charge is 0.265 e. The molecule has 1 aromatic heterocycles. The number of rotatable bonds is 8. The molecule has 0 aliphatic carbocycles. The van der Waals surface area contributed by atoms with Crippen LogP contribution in [-0.4, -0.2) is 34.1 Å². The summed E-state index contributed by atoms with van der Waals surface area (Å²) in [6.07, 6.45) is 1.42. The van der Waals surface area contributed by atoms with Gasteiger partial charge >= 0.3 is 0 Å². The SMILES string of the molecule is CCN(c1ccccc1)S(=O)(=O)c1ccc(N(C)Cc2ccc(OC)cc2)nc1. The van der Waals surface area contributed by atoms with Gasteiger partial charge in [0.05, 0.1) is 12.8 Å². The van der Waals surface area contributed by atoms with Crippen molar-refractivity contribution in [2.75, 3.05) is 29.9 Å². The number of ether oxygens (including phenoxy) is 1. The van der Waals surface area contributed by atoms with Gasteiger partial charge in [-0.2, -0.15) is 0 Å². The third-order valence-corrected chi connectivity index (χ3v) is 6.50. The lowest BCUT2D eigenvalue weighted by Crippen LogP contribution is -2.30. The van der Waals surface area contributed by atoms with E-state index in [2.05, 4.69) is 4.98 Å². The second-order valence-electron chi connectivity index (χ2n) is 6.56. The molecule has 0 radical (unpaired) electrons. The molecule has 1 heterocycles. The maximum atomic E-state index is 13.1. The number of methoxy groups -OCH3 is 1. The number of hydrogen-bond acceptors (Lipinski definition) is 5. The van der Waals surface area contributed by atoms with Crippen molar-refractivity contribution >= 4 is 21.5 Å². The normalized spacial score (nSPS) is 11.1. The second kappa shape index (κ2) is 8.96. The van der Waals surface area contributed by atoms with Crippen LogP contribution >= 0.6 is 0 Å². The molecular formula is C22H25N3O3S. The molecule has 152 valence electrons. The van der Waals surface area contributed by atoms with Crippen molar-refractivity contribution in [2.24, 2.45) is 0 Å². The lowest BCUT2D eigenvalue weighted by atomic mass is 10.2. The molecule has 0 fully saturated rings. The van der Waals surface area contributed by atoms with Gasteiger partial charge in [-0.25, -0.2) is 13.4 Å². The third-order valence-electron chi connectivity index (χ3n) is 4.61. The Kier molecular flexibility index (Phi) is 6.39. The Labute approximate surface area is 172 Å². The predicted octanol–water partition coefficient (Wildman–Crippen LogP) is 3.94. The molecule has 0 N–H and O–H groups in total. The van der Waals surface area contributed by atoms with Crippen molar-refractivity contribution in [1.82, 2.24) is 4.98 Å². The van der Waals surface area contributed by atoms with Gasteiger partial charge in [-0.05, 0) is 48.9 Å². The highest BCUT2D eigenvalue weighted by molar-refractivity contribution is 7.92. The number of sulfonamides is 1. The summed E-state index contributed by atoms with van der Waals surface area (Å²) < 4.78 is 32.7. The van der Waals surface area contributed by atoms with Gasteiger partial charge in [0.2, 0.25) is 0 Å². The Balaban J connectivity index is 1.77. The summed E-state index contributed by atoms with van der Waals surface area (Å²) in [4.78, 5) is 6.52. The van der Waals surface area contributed by atoms with E-state index < -0.39 is 10.0 Å². The van der Waals surface area contributed by atoms with E-state index in [-0.39, 0.29) is 4.90 Å². The second-order valence-corrected chi connectivity index (χ2v) is 8.42. The van der Waals surface area contributed by atoms with Crippen LogP contribution in [-0.2, 0) is 16.6 Å². The largest absolute Gasteiger partial charge is 0.497 e. The number of pyridine rings is 1. The zero-order valence-corrected chi connectivity index (χ0v) is 17.6. The van der Waals surface area contributed by atoms with Crippen LogP contribution in [0.4, 0.5) is 11.5 Å². The molecule has 0 bridgehead atoms. The minimum absolute atomic E-state index is 0.171. The number of benzene rings is 2. The van der Waals surface area contributed by atoms with Crippen LogP contribution < -0.4 is 13.9 Å². The molecule has 3 aromatic rings. The molecular weight excluding hydrogens is 386 g/mol. The van der Waals surface area contributed by atoms with Gasteiger partial charge in [0.25, 0.3) is 10.0 Å². The Morgan fingerprint density at radius 2 is 1.66 bits per heavy atom. The van der Waals surface area contributed by atoms with Crippen molar-refractivity contribution in [3.8, 4) is 5.75 Å². The molecule has 6 nitrogen and oxygen atoms in total. The monoisotopic (exact) mass is 411 g/mol. The van der Waals surface area contributed by atoms with E-state index in [4.69, 9.17) is 4.74 Å². The maximum Gasteiger partial charge on any atom is 0.265 e. The van der Waals surface area contributed by atoms with Crippen molar-refractivity contribution in [3.63, 3.8) is 0 Å².